The van der Waals surface area contributed by atoms with Crippen molar-refractivity contribution in [3.63, 3.8) is 0 Å². The third kappa shape index (κ3) is 4.96. The van der Waals surface area contributed by atoms with Crippen LogP contribution in [0.25, 0.3) is 0 Å². The largest absolute Gasteiger partial charge is 0.393 e. The standard InChI is InChI=1S/C34H53N3O6S/c1-6-35-30(42)29-18(3)16-44-32-28(31(43)37(29)32)36-26(41)10-7-17(2)21-8-9-22-27-23(15-25(40)34(21,22)5)33(4)12-11-20(38)13-19(33)14-24(27)39/h17,19-25,27-28,32,38-40H,6-16H2,1-5H3,(H,35,42)(H,36,41)/t17-,19+,20-,21-,22+,23+,24?,25+,27+,28?,32?,33+,34-/m1/s1. The van der Waals surface area contributed by atoms with Crippen LogP contribution < -0.4 is 10.6 Å². The van der Waals surface area contributed by atoms with E-state index in [2.05, 4.69) is 31.4 Å². The number of fused-ring (bicyclic) bond motifs is 6. The fourth-order valence-corrected chi connectivity index (χ4v) is 12.3. The fraction of sp³-hybridized carbons (Fsp3) is 0.853. The van der Waals surface area contributed by atoms with Gasteiger partial charge in [0, 0.05) is 18.7 Å². The molecule has 3 unspecified atom stereocenters. The van der Waals surface area contributed by atoms with E-state index >= 15 is 0 Å². The molecular formula is C34H53N3O6S. The van der Waals surface area contributed by atoms with E-state index in [0.717, 1.165) is 44.1 Å². The van der Waals surface area contributed by atoms with Gasteiger partial charge in [0.1, 0.15) is 17.1 Å². The highest BCUT2D eigenvalue weighted by Crippen LogP contribution is 2.68. The average molecular weight is 632 g/mol. The van der Waals surface area contributed by atoms with E-state index in [1.54, 1.807) is 11.8 Å². The molecule has 3 amide bonds. The summed E-state index contributed by atoms with van der Waals surface area (Å²) in [5.74, 6) is 1.47. The Labute approximate surface area is 266 Å². The van der Waals surface area contributed by atoms with Crippen molar-refractivity contribution >= 4 is 29.5 Å². The summed E-state index contributed by atoms with van der Waals surface area (Å²) < 4.78 is 0. The lowest BCUT2D eigenvalue weighted by Crippen LogP contribution is -2.70. The van der Waals surface area contributed by atoms with Gasteiger partial charge in [-0.2, -0.15) is 0 Å². The number of carbonyl (C=O) groups is 3. The zero-order valence-electron chi connectivity index (χ0n) is 27.1. The molecule has 0 bridgehead atoms. The first-order valence-electron chi connectivity index (χ1n) is 17.1. The fourth-order valence-electron chi connectivity index (χ4n) is 11.0. The Morgan fingerprint density at radius 2 is 1.84 bits per heavy atom. The number of likely N-dealkylation sites (N-methyl/N-ethyl adjacent to an activating group) is 1. The molecule has 10 heteroatoms. The Hall–Kier alpha value is -1.62. The summed E-state index contributed by atoms with van der Waals surface area (Å²) in [6, 6.07) is -0.621. The molecule has 0 radical (unpaired) electrons. The predicted octanol–water partition coefficient (Wildman–Crippen LogP) is 3.17. The van der Waals surface area contributed by atoms with Crippen molar-refractivity contribution < 1.29 is 29.7 Å². The van der Waals surface area contributed by atoms with Crippen LogP contribution in [0.1, 0.15) is 92.4 Å². The molecule has 0 aromatic heterocycles. The number of nitrogens with zero attached hydrogens (tertiary/aromatic N) is 1. The molecule has 4 aliphatic carbocycles. The van der Waals surface area contributed by atoms with E-state index in [-0.39, 0.29) is 69.6 Å². The average Bonchev–Trinajstić information content (AvgIpc) is 3.34. The van der Waals surface area contributed by atoms with E-state index in [4.69, 9.17) is 0 Å². The van der Waals surface area contributed by atoms with Gasteiger partial charge in [0.25, 0.3) is 11.8 Å². The van der Waals surface area contributed by atoms with Gasteiger partial charge in [0.05, 0.1) is 18.3 Å². The van der Waals surface area contributed by atoms with Crippen LogP contribution in [0.4, 0.5) is 0 Å². The number of amides is 3. The van der Waals surface area contributed by atoms with Gasteiger partial charge in [0.2, 0.25) is 5.91 Å². The van der Waals surface area contributed by atoms with Crippen LogP contribution in [0.15, 0.2) is 11.3 Å². The van der Waals surface area contributed by atoms with E-state index < -0.39 is 18.2 Å². The van der Waals surface area contributed by atoms with Crippen LogP contribution >= 0.6 is 11.8 Å². The lowest BCUT2D eigenvalue weighted by atomic mass is 9.43. The number of hydrogen-bond donors (Lipinski definition) is 5. The van der Waals surface area contributed by atoms with Crippen molar-refractivity contribution in [3.05, 3.63) is 11.3 Å². The Kier molecular flexibility index (Phi) is 8.72. The van der Waals surface area contributed by atoms with Crippen LogP contribution in [0.5, 0.6) is 0 Å². The molecule has 0 aromatic carbocycles. The highest BCUT2D eigenvalue weighted by molar-refractivity contribution is 8.00. The number of carbonyl (C=O) groups excluding carboxylic acids is 3. The summed E-state index contributed by atoms with van der Waals surface area (Å²) in [5.41, 5.74) is 1.03. The SMILES string of the molecule is CCNC(=O)C1=C(C)CSC2C(NC(=O)CC[C@@H](C)[C@H]3CC[C@H]4[C@@H]5C(O)C[C@@H]6C[C@H](O)CC[C@]6(C)[C@H]5C[C@H](O)[C@]34C)C(=O)N12. The second-order valence-corrected chi connectivity index (χ2v) is 16.6. The summed E-state index contributed by atoms with van der Waals surface area (Å²) in [5, 5.41) is 39.2. The molecule has 1 saturated heterocycles. The van der Waals surface area contributed by atoms with Crippen LogP contribution in [0, 0.1) is 46.3 Å². The first-order chi connectivity index (χ1) is 20.8. The van der Waals surface area contributed by atoms with Crippen LogP contribution in [-0.4, -0.2) is 80.0 Å². The monoisotopic (exact) mass is 631 g/mol. The van der Waals surface area contributed by atoms with Crippen LogP contribution in [0.3, 0.4) is 0 Å². The lowest BCUT2D eigenvalue weighted by Gasteiger charge is -2.63. The molecule has 6 rings (SSSR count). The van der Waals surface area contributed by atoms with Crippen LogP contribution in [0.2, 0.25) is 0 Å². The Balaban J connectivity index is 1.08. The minimum absolute atomic E-state index is 0.0490. The number of β-lactam (4-membered cyclic amide) rings is 1. The molecule has 13 atom stereocenters. The van der Waals surface area contributed by atoms with Crippen molar-refractivity contribution in [3.8, 4) is 0 Å². The van der Waals surface area contributed by atoms with Crippen LogP contribution in [-0.2, 0) is 14.4 Å². The molecule has 0 aromatic rings. The molecule has 9 nitrogen and oxygen atoms in total. The normalized spacial score (nSPS) is 45.4. The minimum Gasteiger partial charge on any atom is -0.393 e. The van der Waals surface area contributed by atoms with Crippen molar-refractivity contribution in [1.29, 1.82) is 0 Å². The first kappa shape index (κ1) is 32.3. The number of aliphatic hydroxyl groups excluding tert-OH is 3. The number of rotatable bonds is 7. The zero-order valence-corrected chi connectivity index (χ0v) is 27.9. The van der Waals surface area contributed by atoms with Gasteiger partial charge in [0.15, 0.2) is 0 Å². The predicted molar refractivity (Wildman–Crippen MR) is 169 cm³/mol. The Morgan fingerprint density at radius 3 is 2.57 bits per heavy atom. The second kappa shape index (κ2) is 11.9. The molecule has 0 spiro atoms. The number of nitrogens with one attached hydrogen (secondary N) is 2. The smallest absolute Gasteiger partial charge is 0.268 e. The number of hydrogen-bond acceptors (Lipinski definition) is 7. The van der Waals surface area contributed by atoms with Gasteiger partial charge < -0.3 is 26.0 Å². The number of thioether (sulfide) groups is 1. The van der Waals surface area contributed by atoms with E-state index in [9.17, 15) is 29.7 Å². The van der Waals surface area contributed by atoms with Crippen molar-refractivity contribution in [2.75, 3.05) is 12.3 Å². The van der Waals surface area contributed by atoms with Gasteiger partial charge in [-0.15, -0.1) is 11.8 Å². The maximum atomic E-state index is 13.1. The molecule has 4 saturated carbocycles. The molecule has 2 heterocycles. The van der Waals surface area contributed by atoms with Crippen molar-refractivity contribution in [2.24, 2.45) is 46.3 Å². The molecule has 2 aliphatic heterocycles. The van der Waals surface area contributed by atoms with E-state index in [1.807, 2.05) is 13.8 Å². The van der Waals surface area contributed by atoms with Gasteiger partial charge >= 0.3 is 0 Å². The van der Waals surface area contributed by atoms with Crippen molar-refractivity contribution in [1.82, 2.24) is 15.5 Å². The highest BCUT2D eigenvalue weighted by atomic mass is 32.2. The molecule has 6 aliphatic rings. The summed E-state index contributed by atoms with van der Waals surface area (Å²) in [4.78, 5) is 40.4. The summed E-state index contributed by atoms with van der Waals surface area (Å²) in [6.07, 6.45) is 5.79. The summed E-state index contributed by atoms with van der Waals surface area (Å²) >= 11 is 1.58. The van der Waals surface area contributed by atoms with Gasteiger partial charge in [-0.1, -0.05) is 20.8 Å². The Morgan fingerprint density at radius 1 is 1.09 bits per heavy atom. The maximum absolute atomic E-state index is 13.1. The highest BCUT2D eigenvalue weighted by Gasteiger charge is 2.65. The third-order valence-corrected chi connectivity index (χ3v) is 14.8. The summed E-state index contributed by atoms with van der Waals surface area (Å²) in [6.45, 7) is 11.0. The van der Waals surface area contributed by atoms with Gasteiger partial charge in [-0.3, -0.25) is 19.3 Å². The molecule has 44 heavy (non-hydrogen) atoms. The van der Waals surface area contributed by atoms with E-state index in [0.29, 0.717) is 43.2 Å². The molecule has 5 fully saturated rings. The van der Waals surface area contributed by atoms with Gasteiger partial charge in [-0.25, -0.2) is 0 Å². The second-order valence-electron chi connectivity index (χ2n) is 15.5. The summed E-state index contributed by atoms with van der Waals surface area (Å²) in [7, 11) is 0. The number of aliphatic hydroxyl groups is 3. The maximum Gasteiger partial charge on any atom is 0.268 e. The quantitative estimate of drug-likeness (QED) is 0.272. The molecule has 246 valence electrons. The molecule has 5 N–H and O–H groups in total. The Bertz CT molecular complexity index is 1210. The first-order valence-corrected chi connectivity index (χ1v) is 18.1. The topological polar surface area (TPSA) is 139 Å². The zero-order chi connectivity index (χ0) is 31.7. The lowest BCUT2D eigenvalue weighted by molar-refractivity contribution is -0.207. The van der Waals surface area contributed by atoms with E-state index in [1.165, 1.54) is 4.90 Å². The van der Waals surface area contributed by atoms with Crippen molar-refractivity contribution in [2.45, 2.75) is 122 Å². The van der Waals surface area contributed by atoms with Gasteiger partial charge in [-0.05, 0) is 117 Å². The molecular weight excluding hydrogens is 578 g/mol. The third-order valence-electron chi connectivity index (χ3n) is 13.4. The minimum atomic E-state index is -0.621.